The van der Waals surface area contributed by atoms with Crippen molar-refractivity contribution >= 4 is 0 Å². The number of rotatable bonds is 8. The number of hydrogen-bond donors (Lipinski definition) is 1. The van der Waals surface area contributed by atoms with Gasteiger partial charge in [0.2, 0.25) is 0 Å². The summed E-state index contributed by atoms with van der Waals surface area (Å²) in [6, 6.07) is 0. The van der Waals surface area contributed by atoms with Gasteiger partial charge < -0.3 is 10.5 Å². The van der Waals surface area contributed by atoms with Crippen molar-refractivity contribution in [2.24, 2.45) is 5.73 Å². The highest BCUT2D eigenvalue weighted by Crippen LogP contribution is 2.19. The summed E-state index contributed by atoms with van der Waals surface area (Å²) in [7, 11) is 1.71. The van der Waals surface area contributed by atoms with Gasteiger partial charge in [-0.05, 0) is 19.9 Å². The maximum absolute atomic E-state index is 5.58. The van der Waals surface area contributed by atoms with E-state index in [1.54, 1.807) is 7.11 Å². The first kappa shape index (κ1) is 14.1. The standard InChI is InChI=1S/C12H24N4O/c1-4-5-6-9-16-12(10(2)17-3)11(7-8-13)14-15-16/h10H,4-9,13H2,1-3H3. The highest BCUT2D eigenvalue weighted by molar-refractivity contribution is 5.13. The van der Waals surface area contributed by atoms with Gasteiger partial charge in [-0.3, -0.25) is 0 Å². The predicted octanol–water partition coefficient (Wildman–Crippen LogP) is 1.68. The predicted molar refractivity (Wildman–Crippen MR) is 67.7 cm³/mol. The highest BCUT2D eigenvalue weighted by Gasteiger charge is 2.17. The molecular weight excluding hydrogens is 216 g/mol. The summed E-state index contributed by atoms with van der Waals surface area (Å²) in [4.78, 5) is 0. The van der Waals surface area contributed by atoms with Crippen molar-refractivity contribution in [3.8, 4) is 0 Å². The summed E-state index contributed by atoms with van der Waals surface area (Å²) in [6.45, 7) is 5.72. The van der Waals surface area contributed by atoms with E-state index in [2.05, 4.69) is 17.2 Å². The number of nitrogens with two attached hydrogens (primary N) is 1. The van der Waals surface area contributed by atoms with Crippen molar-refractivity contribution in [1.82, 2.24) is 15.0 Å². The van der Waals surface area contributed by atoms with Crippen LogP contribution >= 0.6 is 0 Å². The molecule has 98 valence electrons. The summed E-state index contributed by atoms with van der Waals surface area (Å²) in [6.07, 6.45) is 4.34. The van der Waals surface area contributed by atoms with Gasteiger partial charge >= 0.3 is 0 Å². The molecule has 17 heavy (non-hydrogen) atoms. The minimum atomic E-state index is 0.0215. The Bertz CT molecular complexity index is 324. The Hall–Kier alpha value is -0.940. The maximum atomic E-state index is 5.58. The number of unbranched alkanes of at least 4 members (excludes halogenated alkanes) is 2. The van der Waals surface area contributed by atoms with Crippen molar-refractivity contribution in [3.63, 3.8) is 0 Å². The Morgan fingerprint density at radius 2 is 2.18 bits per heavy atom. The van der Waals surface area contributed by atoms with Crippen LogP contribution in [-0.4, -0.2) is 28.6 Å². The highest BCUT2D eigenvalue weighted by atomic mass is 16.5. The molecule has 1 unspecified atom stereocenters. The molecule has 0 spiro atoms. The molecule has 0 aliphatic rings. The molecular formula is C12H24N4O. The molecule has 1 atom stereocenters. The van der Waals surface area contributed by atoms with Crippen LogP contribution in [0.15, 0.2) is 0 Å². The Balaban J connectivity index is 2.80. The SMILES string of the molecule is CCCCCn1nnc(CCN)c1C(C)OC. The Labute approximate surface area is 103 Å². The van der Waals surface area contributed by atoms with Crippen LogP contribution in [0.1, 0.15) is 50.6 Å². The first-order valence-corrected chi connectivity index (χ1v) is 6.39. The molecule has 1 aromatic rings. The molecule has 0 aliphatic carbocycles. The third-order valence-corrected chi connectivity index (χ3v) is 2.94. The van der Waals surface area contributed by atoms with Crippen molar-refractivity contribution in [3.05, 3.63) is 11.4 Å². The van der Waals surface area contributed by atoms with Crippen LogP contribution in [-0.2, 0) is 17.7 Å². The monoisotopic (exact) mass is 240 g/mol. The summed E-state index contributed by atoms with van der Waals surface area (Å²) >= 11 is 0. The number of hydrogen-bond acceptors (Lipinski definition) is 4. The summed E-state index contributed by atoms with van der Waals surface area (Å²) in [5.41, 5.74) is 7.63. The second-order valence-corrected chi connectivity index (χ2v) is 4.27. The van der Waals surface area contributed by atoms with Crippen LogP contribution in [0.2, 0.25) is 0 Å². The second kappa shape index (κ2) is 7.40. The first-order valence-electron chi connectivity index (χ1n) is 6.39. The van der Waals surface area contributed by atoms with E-state index >= 15 is 0 Å². The van der Waals surface area contributed by atoms with Crippen molar-refractivity contribution in [2.45, 2.75) is 52.2 Å². The Morgan fingerprint density at radius 3 is 2.76 bits per heavy atom. The van der Waals surface area contributed by atoms with E-state index < -0.39 is 0 Å². The van der Waals surface area contributed by atoms with Gasteiger partial charge in [-0.2, -0.15) is 0 Å². The lowest BCUT2D eigenvalue weighted by Gasteiger charge is -2.13. The normalized spacial score (nSPS) is 12.9. The molecule has 2 N–H and O–H groups in total. The molecule has 0 bridgehead atoms. The van der Waals surface area contributed by atoms with E-state index in [0.29, 0.717) is 6.54 Å². The summed E-state index contributed by atoms with van der Waals surface area (Å²) in [5, 5.41) is 8.41. The molecule has 5 nitrogen and oxygen atoms in total. The molecule has 1 rings (SSSR count). The van der Waals surface area contributed by atoms with Crippen molar-refractivity contribution < 1.29 is 4.74 Å². The average molecular weight is 240 g/mol. The minimum absolute atomic E-state index is 0.0215. The summed E-state index contributed by atoms with van der Waals surface area (Å²) in [5.74, 6) is 0. The molecule has 0 radical (unpaired) electrons. The minimum Gasteiger partial charge on any atom is -0.375 e. The van der Waals surface area contributed by atoms with Crippen LogP contribution in [0.25, 0.3) is 0 Å². The van der Waals surface area contributed by atoms with Gasteiger partial charge in [0.15, 0.2) is 0 Å². The van der Waals surface area contributed by atoms with Gasteiger partial charge in [0.1, 0.15) is 0 Å². The van der Waals surface area contributed by atoms with Crippen LogP contribution in [0.4, 0.5) is 0 Å². The Kier molecular flexibility index (Phi) is 6.15. The fraction of sp³-hybridized carbons (Fsp3) is 0.833. The average Bonchev–Trinajstić information content (AvgIpc) is 2.72. The third kappa shape index (κ3) is 3.78. The van der Waals surface area contributed by atoms with Gasteiger partial charge in [-0.25, -0.2) is 4.68 Å². The number of methoxy groups -OCH3 is 1. The van der Waals surface area contributed by atoms with Crippen LogP contribution in [0.5, 0.6) is 0 Å². The van der Waals surface area contributed by atoms with E-state index in [-0.39, 0.29) is 6.10 Å². The molecule has 1 heterocycles. The van der Waals surface area contributed by atoms with Crippen LogP contribution in [0.3, 0.4) is 0 Å². The fourth-order valence-corrected chi connectivity index (χ4v) is 1.90. The molecule has 5 heteroatoms. The topological polar surface area (TPSA) is 66.0 Å². The lowest BCUT2D eigenvalue weighted by atomic mass is 10.1. The fourth-order valence-electron chi connectivity index (χ4n) is 1.90. The van der Waals surface area contributed by atoms with E-state index in [4.69, 9.17) is 10.5 Å². The van der Waals surface area contributed by atoms with E-state index in [1.807, 2.05) is 11.6 Å². The van der Waals surface area contributed by atoms with E-state index in [0.717, 1.165) is 30.8 Å². The molecule has 0 fully saturated rings. The lowest BCUT2D eigenvalue weighted by molar-refractivity contribution is 0.110. The van der Waals surface area contributed by atoms with Gasteiger partial charge in [0, 0.05) is 20.1 Å². The van der Waals surface area contributed by atoms with Crippen molar-refractivity contribution in [2.75, 3.05) is 13.7 Å². The molecule has 0 saturated heterocycles. The molecule has 1 aromatic heterocycles. The van der Waals surface area contributed by atoms with Crippen molar-refractivity contribution in [1.29, 1.82) is 0 Å². The molecule has 0 amide bonds. The molecule has 0 aliphatic heterocycles. The van der Waals surface area contributed by atoms with Gasteiger partial charge in [-0.1, -0.05) is 25.0 Å². The van der Waals surface area contributed by atoms with E-state index in [1.165, 1.54) is 12.8 Å². The number of aryl methyl sites for hydroxylation is 1. The summed E-state index contributed by atoms with van der Waals surface area (Å²) < 4.78 is 7.35. The first-order chi connectivity index (χ1) is 8.24. The maximum Gasteiger partial charge on any atom is 0.0978 e. The van der Waals surface area contributed by atoms with Gasteiger partial charge in [0.05, 0.1) is 17.5 Å². The quantitative estimate of drug-likeness (QED) is 0.702. The largest absolute Gasteiger partial charge is 0.375 e. The third-order valence-electron chi connectivity index (χ3n) is 2.94. The van der Waals surface area contributed by atoms with Crippen LogP contribution in [0, 0.1) is 0 Å². The molecule has 0 saturated carbocycles. The smallest absolute Gasteiger partial charge is 0.0978 e. The Morgan fingerprint density at radius 1 is 1.41 bits per heavy atom. The zero-order valence-electron chi connectivity index (χ0n) is 11.1. The van der Waals surface area contributed by atoms with Crippen LogP contribution < -0.4 is 5.73 Å². The zero-order chi connectivity index (χ0) is 12.7. The number of ether oxygens (including phenoxy) is 1. The zero-order valence-corrected chi connectivity index (χ0v) is 11.1. The van der Waals surface area contributed by atoms with E-state index in [9.17, 15) is 0 Å². The second-order valence-electron chi connectivity index (χ2n) is 4.27. The van der Waals surface area contributed by atoms with Gasteiger partial charge in [-0.15, -0.1) is 5.10 Å². The molecule has 0 aromatic carbocycles. The lowest BCUT2D eigenvalue weighted by Crippen LogP contribution is -2.12. The number of nitrogens with zero attached hydrogens (tertiary/aromatic N) is 3. The van der Waals surface area contributed by atoms with Gasteiger partial charge in [0.25, 0.3) is 0 Å². The number of aromatic nitrogens is 3.